The Morgan fingerprint density at radius 3 is 1.77 bits per heavy atom. The Hall–Kier alpha value is -5.43. The van der Waals surface area contributed by atoms with E-state index in [9.17, 15) is 10.4 Å². The zero-order valence-corrected chi connectivity index (χ0v) is 29.7. The number of rotatable bonds is 10. The van der Waals surface area contributed by atoms with Crippen molar-refractivity contribution in [2.75, 3.05) is 11.5 Å². The lowest BCUT2D eigenvalue weighted by Crippen LogP contribution is -2.39. The minimum atomic E-state index is -1.59. The summed E-state index contributed by atoms with van der Waals surface area (Å²) in [6.07, 6.45) is 4.50. The number of nitrogen functional groups attached to an aromatic ring is 2. The predicted molar refractivity (Wildman–Crippen MR) is 196 cm³/mol. The molecule has 2 unspecified atom stereocenters. The molecule has 14 heteroatoms. The monoisotopic (exact) mass is 717 g/mol. The number of aliphatic hydroxyl groups is 1. The van der Waals surface area contributed by atoms with Crippen molar-refractivity contribution in [1.29, 1.82) is 5.26 Å². The number of nitrogens with two attached hydrogens (primary N) is 2. The molecular formula is C39H43N9O5. The second-order valence-electron chi connectivity index (χ2n) is 13.2. The summed E-state index contributed by atoms with van der Waals surface area (Å²) in [6, 6.07) is 29.3. The highest BCUT2D eigenvalue weighted by Gasteiger charge is 2.53. The van der Waals surface area contributed by atoms with E-state index in [2.05, 4.69) is 26.2 Å². The summed E-state index contributed by atoms with van der Waals surface area (Å²) in [4.78, 5) is 8.00. The minimum absolute atomic E-state index is 0.0600. The third-order valence-electron chi connectivity index (χ3n) is 9.92. The van der Waals surface area contributed by atoms with E-state index in [1.807, 2.05) is 80.6 Å². The maximum atomic E-state index is 11.4. The number of nitrogens with zero attached hydrogens (tertiary/aromatic N) is 7. The van der Waals surface area contributed by atoms with Gasteiger partial charge in [-0.3, -0.25) is 0 Å². The quantitative estimate of drug-likeness (QED) is 0.171. The Balaban J connectivity index is 0.000000164. The maximum absolute atomic E-state index is 11.4. The lowest BCUT2D eigenvalue weighted by molar-refractivity contribution is -0.250. The van der Waals surface area contributed by atoms with Gasteiger partial charge in [-0.1, -0.05) is 74.5 Å². The van der Waals surface area contributed by atoms with Gasteiger partial charge in [0.2, 0.25) is 11.4 Å². The number of hydrogen-bond donors (Lipinski definition) is 3. The summed E-state index contributed by atoms with van der Waals surface area (Å²) < 4.78 is 27.7. The van der Waals surface area contributed by atoms with Gasteiger partial charge in [-0.15, -0.1) is 0 Å². The van der Waals surface area contributed by atoms with Crippen molar-refractivity contribution in [1.82, 2.24) is 29.2 Å². The van der Waals surface area contributed by atoms with E-state index >= 15 is 0 Å². The molecule has 0 spiro atoms. The van der Waals surface area contributed by atoms with Crippen molar-refractivity contribution in [2.45, 2.75) is 88.5 Å². The fraction of sp³-hybridized carbons (Fsp3) is 0.359. The van der Waals surface area contributed by atoms with Crippen LogP contribution in [-0.2, 0) is 43.5 Å². The van der Waals surface area contributed by atoms with Crippen LogP contribution >= 0.6 is 0 Å². The highest BCUT2D eigenvalue weighted by Crippen LogP contribution is 2.43. The number of aromatic nitrogens is 6. The van der Waals surface area contributed by atoms with E-state index in [1.165, 1.54) is 12.7 Å². The molecule has 5 N–H and O–H groups in total. The first kappa shape index (κ1) is 36.0. The van der Waals surface area contributed by atoms with E-state index in [0.717, 1.165) is 24.0 Å². The van der Waals surface area contributed by atoms with E-state index in [4.69, 9.17) is 30.4 Å². The predicted octanol–water partition coefficient (Wildman–Crippen LogP) is 5.06. The van der Waals surface area contributed by atoms with Gasteiger partial charge in [-0.2, -0.15) is 15.5 Å². The van der Waals surface area contributed by atoms with Crippen LogP contribution in [0.25, 0.3) is 11.0 Å². The fourth-order valence-corrected chi connectivity index (χ4v) is 7.04. The fourth-order valence-electron chi connectivity index (χ4n) is 7.04. The Morgan fingerprint density at radius 1 is 0.736 bits per heavy atom. The first-order valence-electron chi connectivity index (χ1n) is 17.8. The average Bonchev–Trinajstić information content (AvgIpc) is 3.98. The molecule has 53 heavy (non-hydrogen) atoms. The molecule has 2 aliphatic rings. The molecule has 8 rings (SSSR count). The molecule has 2 aromatic carbocycles. The van der Waals surface area contributed by atoms with E-state index in [0.29, 0.717) is 60.1 Å². The smallest absolute Gasteiger partial charge is 0.237 e. The molecule has 6 heterocycles. The Bertz CT molecular complexity index is 2190. The molecule has 6 aromatic rings. The minimum Gasteiger partial charge on any atom is -0.382 e. The summed E-state index contributed by atoms with van der Waals surface area (Å²) >= 11 is 0. The third kappa shape index (κ3) is 6.93. The normalized spacial score (nSPS) is 25.3. The van der Waals surface area contributed by atoms with Gasteiger partial charge in [0, 0.05) is 12.8 Å². The molecule has 2 saturated heterocycles. The van der Waals surface area contributed by atoms with Crippen molar-refractivity contribution >= 4 is 22.7 Å². The maximum Gasteiger partial charge on any atom is 0.237 e. The van der Waals surface area contributed by atoms with Gasteiger partial charge >= 0.3 is 0 Å². The van der Waals surface area contributed by atoms with E-state index in [-0.39, 0.29) is 12.2 Å². The lowest BCUT2D eigenvalue weighted by atomic mass is 9.93. The number of nitriles is 1. The van der Waals surface area contributed by atoms with Gasteiger partial charge in [-0.25, -0.2) is 19.0 Å². The van der Waals surface area contributed by atoms with Crippen LogP contribution in [0.1, 0.15) is 62.0 Å². The lowest BCUT2D eigenvalue weighted by Gasteiger charge is -2.28. The standard InChI is InChI=1S/C20H21N5O2.C19H22N4O3/c1-2-15-10-18(26-11-14-6-4-3-5-7-14)20(12-21,27-15)17-9-8-16-19(22)23-13-24-25(16)17;1-2-14-10-17(25-11-13-6-4-3-5-7-13)19(24,26-14)16-9-8-15-18(20)21-12-22-23(15)16/h3-9,13,15,18H,2,10-11H2,1H3,(H2,22,23,24);3-9,12,14,17,24H,2,10-11H2,1H3,(H2,20,21,22)/t15-,18-,20?;14-,17-,19?/m11/s1. The highest BCUT2D eigenvalue weighted by molar-refractivity contribution is 5.66. The van der Waals surface area contributed by atoms with Crippen LogP contribution in [-0.4, -0.2) is 58.7 Å². The third-order valence-corrected chi connectivity index (χ3v) is 9.92. The second kappa shape index (κ2) is 15.3. The van der Waals surface area contributed by atoms with Gasteiger partial charge in [0.1, 0.15) is 47.7 Å². The number of anilines is 2. The SMILES string of the molecule is CC[C@@H]1C[C@@H](OCc2ccccc2)C(C#N)(c2ccc3c(N)ncnn23)O1.CC[C@@H]1C[C@@H](OCc2ccccc2)C(O)(c2ccc3c(N)ncnn23)O1. The van der Waals surface area contributed by atoms with E-state index in [1.54, 1.807) is 27.2 Å². The van der Waals surface area contributed by atoms with Gasteiger partial charge < -0.3 is 35.5 Å². The summed E-state index contributed by atoms with van der Waals surface area (Å²) in [7, 11) is 0. The molecule has 4 aromatic heterocycles. The molecule has 0 aliphatic carbocycles. The van der Waals surface area contributed by atoms with Crippen LogP contribution in [0.4, 0.5) is 11.6 Å². The molecule has 274 valence electrons. The van der Waals surface area contributed by atoms with Gasteiger partial charge in [0.15, 0.2) is 11.6 Å². The molecule has 2 aliphatic heterocycles. The van der Waals surface area contributed by atoms with Crippen molar-refractivity contribution in [3.63, 3.8) is 0 Å². The Labute approximate surface area is 306 Å². The Morgan fingerprint density at radius 2 is 1.23 bits per heavy atom. The number of ether oxygens (including phenoxy) is 4. The number of hydrogen-bond acceptors (Lipinski definition) is 12. The van der Waals surface area contributed by atoms with E-state index < -0.39 is 23.6 Å². The first-order valence-corrected chi connectivity index (χ1v) is 17.8. The molecule has 14 nitrogen and oxygen atoms in total. The molecule has 0 saturated carbocycles. The summed E-state index contributed by atoms with van der Waals surface area (Å²) in [5.74, 6) is -0.888. The molecule has 0 amide bonds. The van der Waals surface area contributed by atoms with Gasteiger partial charge in [0.05, 0.1) is 31.1 Å². The summed E-state index contributed by atoms with van der Waals surface area (Å²) in [5.41, 5.74) is 15.1. The van der Waals surface area contributed by atoms with Crippen LogP contribution < -0.4 is 11.5 Å². The number of benzene rings is 2. The van der Waals surface area contributed by atoms with Crippen molar-refractivity contribution in [2.24, 2.45) is 0 Å². The Kier molecular flexibility index (Phi) is 10.4. The van der Waals surface area contributed by atoms with Crippen LogP contribution in [0.15, 0.2) is 97.6 Å². The van der Waals surface area contributed by atoms with Gasteiger partial charge in [0.25, 0.3) is 0 Å². The van der Waals surface area contributed by atoms with Crippen LogP contribution in [0.5, 0.6) is 0 Å². The topological polar surface area (TPSA) is 193 Å². The van der Waals surface area contributed by atoms with Crippen molar-refractivity contribution < 1.29 is 24.1 Å². The molecule has 2 fully saturated rings. The van der Waals surface area contributed by atoms with Crippen LogP contribution in [0, 0.1) is 11.3 Å². The average molecular weight is 718 g/mol. The number of fused-ring (bicyclic) bond motifs is 2. The van der Waals surface area contributed by atoms with Crippen LogP contribution in [0.2, 0.25) is 0 Å². The highest BCUT2D eigenvalue weighted by atomic mass is 16.7. The molecule has 0 radical (unpaired) electrons. The second-order valence-corrected chi connectivity index (χ2v) is 13.2. The zero-order chi connectivity index (χ0) is 37.0. The van der Waals surface area contributed by atoms with Crippen molar-refractivity contribution in [3.8, 4) is 6.07 Å². The molecule has 0 bridgehead atoms. The van der Waals surface area contributed by atoms with Gasteiger partial charge in [-0.05, 0) is 48.2 Å². The summed E-state index contributed by atoms with van der Waals surface area (Å²) in [6.45, 7) is 4.88. The van der Waals surface area contributed by atoms with Crippen molar-refractivity contribution in [3.05, 3.63) is 120 Å². The first-order chi connectivity index (χ1) is 25.8. The molecule has 6 atom stereocenters. The molecular weight excluding hydrogens is 674 g/mol. The van der Waals surface area contributed by atoms with Crippen LogP contribution in [0.3, 0.4) is 0 Å². The largest absolute Gasteiger partial charge is 0.382 e. The summed E-state index contributed by atoms with van der Waals surface area (Å²) in [5, 5.41) is 30.1. The zero-order valence-electron chi connectivity index (χ0n) is 29.7.